The molecule has 1 fully saturated rings. The highest BCUT2D eigenvalue weighted by Crippen LogP contribution is 2.64. The lowest BCUT2D eigenvalue weighted by molar-refractivity contribution is -0.436. The Hall–Kier alpha value is -1.45. The fourth-order valence-corrected chi connectivity index (χ4v) is 2.24. The Morgan fingerprint density at radius 1 is 1.07 bits per heavy atom. The van der Waals surface area contributed by atoms with Crippen molar-refractivity contribution < 1.29 is 72.1 Å². The topological polar surface area (TPSA) is 55.8 Å². The maximum Gasteiger partial charge on any atom is 0.460 e. The molecule has 0 saturated carbocycles. The fourth-order valence-electron chi connectivity index (χ4n) is 2.24. The molecule has 0 amide bonds. The molecule has 0 aromatic heterocycles. The summed E-state index contributed by atoms with van der Waals surface area (Å²) in [6, 6.07) is 0. The first-order valence-electron chi connectivity index (χ1n) is 7.43. The van der Waals surface area contributed by atoms with E-state index in [1.54, 1.807) is 0 Å². The van der Waals surface area contributed by atoms with Crippen LogP contribution in [-0.4, -0.2) is 59.2 Å². The lowest BCUT2D eigenvalue weighted by atomic mass is 9.82. The van der Waals surface area contributed by atoms with Crippen LogP contribution in [-0.2, 0) is 14.3 Å². The van der Waals surface area contributed by atoms with Crippen LogP contribution in [0.15, 0.2) is 0 Å². The zero-order valence-electron chi connectivity index (χ0n) is 14.2. The summed E-state index contributed by atoms with van der Waals surface area (Å²) in [6.45, 7) is -1.15. The molecule has 1 aliphatic heterocycles. The van der Waals surface area contributed by atoms with Crippen molar-refractivity contribution in [3.63, 3.8) is 0 Å². The first kappa shape index (κ1) is 25.6. The van der Waals surface area contributed by atoms with E-state index in [-0.39, 0.29) is 0 Å². The highest BCUT2D eigenvalue weighted by Gasteiger charge is 2.95. The predicted molar refractivity (Wildman–Crippen MR) is 66.1 cm³/mol. The van der Waals surface area contributed by atoms with Crippen molar-refractivity contribution >= 4 is 5.97 Å². The maximum atomic E-state index is 14.4. The first-order valence-corrected chi connectivity index (χ1v) is 7.43. The Kier molecular flexibility index (Phi) is 5.98. The highest BCUT2D eigenvalue weighted by molar-refractivity contribution is 5.73. The van der Waals surface area contributed by atoms with E-state index in [1.165, 1.54) is 0 Å². The van der Waals surface area contributed by atoms with Crippen LogP contribution in [0.2, 0.25) is 0 Å². The maximum absolute atomic E-state index is 14.4. The summed E-state index contributed by atoms with van der Waals surface area (Å²) in [6.07, 6.45) is -14.3. The van der Waals surface area contributed by atoms with Crippen molar-refractivity contribution in [3.05, 3.63) is 0 Å². The van der Waals surface area contributed by atoms with Gasteiger partial charge in [-0.2, -0.15) is 52.7 Å². The van der Waals surface area contributed by atoms with E-state index in [0.29, 0.717) is 0 Å². The smallest absolute Gasteiger partial charge is 0.443 e. The molecule has 16 heteroatoms. The van der Waals surface area contributed by atoms with Gasteiger partial charge in [0.05, 0.1) is 5.92 Å². The van der Waals surface area contributed by atoms with Crippen LogP contribution in [0.1, 0.15) is 20.3 Å². The second-order valence-corrected chi connectivity index (χ2v) is 6.21. The van der Waals surface area contributed by atoms with Crippen molar-refractivity contribution in [2.75, 3.05) is 6.61 Å². The summed E-state index contributed by atoms with van der Waals surface area (Å²) in [7, 11) is 0. The summed E-state index contributed by atoms with van der Waals surface area (Å²) >= 11 is 0. The van der Waals surface area contributed by atoms with Crippen LogP contribution < -0.4 is 0 Å². The average molecular weight is 460 g/mol. The number of halogens is 12. The van der Waals surface area contributed by atoms with Gasteiger partial charge in [0.25, 0.3) is 5.60 Å². The molecule has 0 aromatic rings. The zero-order chi connectivity index (χ0) is 23.5. The highest BCUT2D eigenvalue weighted by atomic mass is 19.4. The van der Waals surface area contributed by atoms with Gasteiger partial charge in [-0.15, -0.1) is 0 Å². The molecular weight excluding hydrogens is 448 g/mol. The molecule has 0 bridgehead atoms. The number of carbonyl (C=O) groups excluding carboxylic acids is 1. The molecule has 1 heterocycles. The molecule has 0 spiro atoms. The monoisotopic (exact) mass is 460 g/mol. The molecular formula is C13H12F12O4. The molecule has 3 unspecified atom stereocenters. The minimum atomic E-state index is -7.42. The summed E-state index contributed by atoms with van der Waals surface area (Å²) in [4.78, 5) is 11.7. The minimum Gasteiger partial charge on any atom is -0.443 e. The zero-order valence-corrected chi connectivity index (χ0v) is 14.2. The van der Waals surface area contributed by atoms with E-state index >= 15 is 0 Å². The van der Waals surface area contributed by atoms with Crippen LogP contribution in [0.3, 0.4) is 0 Å². The summed E-state index contributed by atoms with van der Waals surface area (Å²) in [5.41, 5.74) is -5.86. The standard InChI is InChI=1S/C13H12F12O4/c1-3-5(2)6(26)29-7(8(14,15)10(18,19)12(20,21)22)4-28-11(27,9(7,16)17)13(23,24)25/h5,27H,3-4H2,1-2H3. The van der Waals surface area contributed by atoms with E-state index in [9.17, 15) is 57.5 Å². The molecule has 0 radical (unpaired) electrons. The third kappa shape index (κ3) is 3.21. The van der Waals surface area contributed by atoms with Crippen molar-refractivity contribution in [2.24, 2.45) is 5.92 Å². The molecule has 3 atom stereocenters. The van der Waals surface area contributed by atoms with Crippen LogP contribution in [0, 0.1) is 5.92 Å². The largest absolute Gasteiger partial charge is 0.460 e. The molecule has 4 nitrogen and oxygen atoms in total. The number of alkyl halides is 12. The molecule has 29 heavy (non-hydrogen) atoms. The predicted octanol–water partition coefficient (Wildman–Crippen LogP) is 4.06. The van der Waals surface area contributed by atoms with E-state index in [4.69, 9.17) is 5.11 Å². The third-order valence-electron chi connectivity index (χ3n) is 4.35. The Balaban J connectivity index is 3.83. The number of hydrogen-bond donors (Lipinski definition) is 1. The van der Waals surface area contributed by atoms with Crippen LogP contribution in [0.4, 0.5) is 52.7 Å². The summed E-state index contributed by atoms with van der Waals surface area (Å²) in [5.74, 6) is -31.2. The van der Waals surface area contributed by atoms with Crippen LogP contribution >= 0.6 is 0 Å². The quantitative estimate of drug-likeness (QED) is 0.497. The van der Waals surface area contributed by atoms with Gasteiger partial charge >= 0.3 is 41.9 Å². The molecule has 1 N–H and O–H groups in total. The molecule has 0 aromatic carbocycles. The van der Waals surface area contributed by atoms with Gasteiger partial charge in [-0.3, -0.25) is 4.79 Å². The van der Waals surface area contributed by atoms with Gasteiger partial charge in [0, 0.05) is 0 Å². The van der Waals surface area contributed by atoms with E-state index in [0.717, 1.165) is 13.8 Å². The van der Waals surface area contributed by atoms with E-state index in [2.05, 4.69) is 9.47 Å². The number of esters is 1. The number of rotatable bonds is 5. The van der Waals surface area contributed by atoms with Gasteiger partial charge in [0.15, 0.2) is 0 Å². The first-order chi connectivity index (χ1) is 12.6. The second kappa shape index (κ2) is 6.78. The number of ether oxygens (including phenoxy) is 2. The van der Waals surface area contributed by atoms with Crippen molar-refractivity contribution in [3.8, 4) is 0 Å². The van der Waals surface area contributed by atoms with Crippen molar-refractivity contribution in [1.29, 1.82) is 0 Å². The Morgan fingerprint density at radius 2 is 1.52 bits per heavy atom. The SMILES string of the molecule is CCC(C)C(=O)OC1(C(F)(F)C(F)(F)C(F)(F)F)COC(O)(C(F)(F)F)C1(F)F. The van der Waals surface area contributed by atoms with Gasteiger partial charge < -0.3 is 14.6 Å². The molecule has 172 valence electrons. The van der Waals surface area contributed by atoms with E-state index < -0.39 is 66.4 Å². The number of carbonyl (C=O) groups is 1. The second-order valence-electron chi connectivity index (χ2n) is 6.21. The van der Waals surface area contributed by atoms with E-state index in [1.807, 2.05) is 0 Å². The Morgan fingerprint density at radius 3 is 1.83 bits per heavy atom. The lowest BCUT2D eigenvalue weighted by Crippen LogP contribution is -2.75. The molecule has 1 aliphatic rings. The van der Waals surface area contributed by atoms with Gasteiger partial charge in [-0.25, -0.2) is 0 Å². The van der Waals surface area contributed by atoms with Crippen LogP contribution in [0.25, 0.3) is 0 Å². The molecule has 1 saturated heterocycles. The number of aliphatic hydroxyl groups is 1. The number of hydrogen-bond acceptors (Lipinski definition) is 4. The Labute approximate surface area is 153 Å². The van der Waals surface area contributed by atoms with Crippen LogP contribution in [0.5, 0.6) is 0 Å². The van der Waals surface area contributed by atoms with Crippen molar-refractivity contribution in [1.82, 2.24) is 0 Å². The van der Waals surface area contributed by atoms with Gasteiger partial charge in [-0.1, -0.05) is 13.8 Å². The van der Waals surface area contributed by atoms with Gasteiger partial charge in [0.2, 0.25) is 0 Å². The molecule has 1 rings (SSSR count). The minimum absolute atomic E-state index is 0.411. The molecule has 0 aliphatic carbocycles. The normalized spacial score (nSPS) is 29.6. The third-order valence-corrected chi connectivity index (χ3v) is 4.35. The lowest BCUT2D eigenvalue weighted by Gasteiger charge is -2.44. The van der Waals surface area contributed by atoms with Gasteiger partial charge in [0.1, 0.15) is 6.61 Å². The summed E-state index contributed by atoms with van der Waals surface area (Å²) in [5, 5.41) is 9.08. The fraction of sp³-hybridized carbons (Fsp3) is 0.923. The van der Waals surface area contributed by atoms with Crippen molar-refractivity contribution in [2.45, 2.75) is 61.8 Å². The Bertz CT molecular complexity index is 643. The average Bonchev–Trinajstić information content (AvgIpc) is 2.74. The van der Waals surface area contributed by atoms with Gasteiger partial charge in [-0.05, 0) is 6.42 Å². The summed E-state index contributed by atoms with van der Waals surface area (Å²) < 4.78 is 167.